The van der Waals surface area contributed by atoms with E-state index in [1.807, 2.05) is 25.1 Å². The molecule has 1 fully saturated rings. The lowest BCUT2D eigenvalue weighted by Crippen LogP contribution is -2.18. The molecule has 2 atom stereocenters. The number of hydrogen-bond donors (Lipinski definition) is 1. The first-order valence-electron chi connectivity index (χ1n) is 6.87. The van der Waals surface area contributed by atoms with Crippen LogP contribution in [0.3, 0.4) is 0 Å². The van der Waals surface area contributed by atoms with Gasteiger partial charge in [0.15, 0.2) is 11.5 Å². The third-order valence-corrected chi connectivity index (χ3v) is 3.24. The highest BCUT2D eigenvalue weighted by Crippen LogP contribution is 2.29. The van der Waals surface area contributed by atoms with E-state index in [9.17, 15) is 0 Å². The van der Waals surface area contributed by atoms with Crippen LogP contribution in [0.1, 0.15) is 32.3 Å². The van der Waals surface area contributed by atoms with Gasteiger partial charge in [-0.2, -0.15) is 0 Å². The van der Waals surface area contributed by atoms with Crippen molar-refractivity contribution in [2.45, 2.75) is 45.5 Å². The van der Waals surface area contributed by atoms with Crippen molar-refractivity contribution in [2.24, 2.45) is 0 Å². The van der Waals surface area contributed by atoms with Gasteiger partial charge in [0.05, 0.1) is 25.4 Å². The van der Waals surface area contributed by atoms with Crippen LogP contribution in [0.5, 0.6) is 11.5 Å². The first-order chi connectivity index (χ1) is 9.22. The molecule has 0 saturated carbocycles. The Morgan fingerprint density at radius 2 is 2.11 bits per heavy atom. The molecular weight excluding hydrogens is 244 g/mol. The molecule has 4 nitrogen and oxygen atoms in total. The molecule has 0 amide bonds. The van der Waals surface area contributed by atoms with Crippen molar-refractivity contribution in [1.29, 1.82) is 0 Å². The largest absolute Gasteiger partial charge is 0.490 e. The summed E-state index contributed by atoms with van der Waals surface area (Å²) < 4.78 is 17.1. The topological polar surface area (TPSA) is 47.9 Å². The van der Waals surface area contributed by atoms with Gasteiger partial charge in [0, 0.05) is 0 Å². The van der Waals surface area contributed by atoms with Crippen LogP contribution in [0.15, 0.2) is 18.2 Å². The van der Waals surface area contributed by atoms with Crippen LogP contribution in [0.4, 0.5) is 0 Å². The monoisotopic (exact) mass is 266 g/mol. The molecule has 2 unspecified atom stereocenters. The Balaban J connectivity index is 1.98. The molecule has 1 aliphatic rings. The van der Waals surface area contributed by atoms with Crippen LogP contribution >= 0.6 is 0 Å². The molecule has 1 heterocycles. The van der Waals surface area contributed by atoms with E-state index in [1.54, 1.807) is 0 Å². The Bertz CT molecular complexity index is 405. The van der Waals surface area contributed by atoms with Gasteiger partial charge in [-0.15, -0.1) is 0 Å². The molecule has 0 aliphatic carbocycles. The molecule has 1 N–H and O–H groups in total. The second-order valence-corrected chi connectivity index (χ2v) is 4.83. The Hall–Kier alpha value is -1.26. The van der Waals surface area contributed by atoms with E-state index in [2.05, 4.69) is 6.92 Å². The van der Waals surface area contributed by atoms with Crippen molar-refractivity contribution in [1.82, 2.24) is 0 Å². The van der Waals surface area contributed by atoms with Gasteiger partial charge >= 0.3 is 0 Å². The number of aliphatic hydroxyl groups is 1. The second-order valence-electron chi connectivity index (χ2n) is 4.83. The smallest absolute Gasteiger partial charge is 0.161 e. The minimum Gasteiger partial charge on any atom is -0.490 e. The predicted octanol–water partition coefficient (Wildman–Crippen LogP) is 2.52. The van der Waals surface area contributed by atoms with E-state index >= 15 is 0 Å². The first-order valence-corrected chi connectivity index (χ1v) is 6.87. The summed E-state index contributed by atoms with van der Waals surface area (Å²) in [6.07, 6.45) is 2.63. The number of rotatable bonds is 6. The molecule has 0 bridgehead atoms. The summed E-state index contributed by atoms with van der Waals surface area (Å²) in [5, 5.41) is 9.14. The molecule has 4 heteroatoms. The van der Waals surface area contributed by atoms with Crippen molar-refractivity contribution < 1.29 is 19.3 Å². The molecule has 0 spiro atoms. The zero-order valence-electron chi connectivity index (χ0n) is 11.6. The van der Waals surface area contributed by atoms with Gasteiger partial charge < -0.3 is 19.3 Å². The molecule has 1 aromatic rings. The maximum absolute atomic E-state index is 9.14. The van der Waals surface area contributed by atoms with E-state index in [0.29, 0.717) is 30.8 Å². The zero-order chi connectivity index (χ0) is 13.7. The number of hydrogen-bond acceptors (Lipinski definition) is 4. The highest BCUT2D eigenvalue weighted by molar-refractivity contribution is 5.42. The lowest BCUT2D eigenvalue weighted by Gasteiger charge is -2.16. The molecule has 19 heavy (non-hydrogen) atoms. The Kier molecular flexibility index (Phi) is 5.05. The van der Waals surface area contributed by atoms with Crippen molar-refractivity contribution in [3.63, 3.8) is 0 Å². The SMILES string of the molecule is CCOc1cc(CO)ccc1OCC1CCC(C)O1. The van der Waals surface area contributed by atoms with Crippen LogP contribution in [0.25, 0.3) is 0 Å². The molecule has 1 saturated heterocycles. The average Bonchev–Trinajstić information content (AvgIpc) is 2.83. The van der Waals surface area contributed by atoms with Crippen molar-refractivity contribution >= 4 is 0 Å². The highest BCUT2D eigenvalue weighted by atomic mass is 16.6. The lowest BCUT2D eigenvalue weighted by atomic mass is 10.2. The predicted molar refractivity (Wildman–Crippen MR) is 72.6 cm³/mol. The van der Waals surface area contributed by atoms with Gasteiger partial charge in [-0.1, -0.05) is 6.07 Å². The molecule has 106 valence electrons. The molecule has 1 aliphatic heterocycles. The van der Waals surface area contributed by atoms with Crippen LogP contribution in [0.2, 0.25) is 0 Å². The Labute approximate surface area is 114 Å². The van der Waals surface area contributed by atoms with Gasteiger partial charge in [0.2, 0.25) is 0 Å². The number of aliphatic hydroxyl groups excluding tert-OH is 1. The summed E-state index contributed by atoms with van der Waals surface area (Å²) in [4.78, 5) is 0. The fourth-order valence-electron chi connectivity index (χ4n) is 2.23. The van der Waals surface area contributed by atoms with E-state index in [4.69, 9.17) is 19.3 Å². The van der Waals surface area contributed by atoms with Crippen LogP contribution in [0, 0.1) is 0 Å². The van der Waals surface area contributed by atoms with Crippen LogP contribution in [-0.4, -0.2) is 30.5 Å². The quantitative estimate of drug-likeness (QED) is 0.859. The summed E-state index contributed by atoms with van der Waals surface area (Å²) >= 11 is 0. The number of ether oxygens (including phenoxy) is 3. The molecular formula is C15H22O4. The van der Waals surface area contributed by atoms with Gasteiger partial charge in [-0.25, -0.2) is 0 Å². The molecule has 2 rings (SSSR count). The van der Waals surface area contributed by atoms with Gasteiger partial charge in [0.25, 0.3) is 0 Å². The Morgan fingerprint density at radius 1 is 1.26 bits per heavy atom. The van der Waals surface area contributed by atoms with Crippen LogP contribution < -0.4 is 9.47 Å². The van der Waals surface area contributed by atoms with Gasteiger partial charge in [-0.05, 0) is 44.4 Å². The summed E-state index contributed by atoms with van der Waals surface area (Å²) in [6.45, 7) is 5.13. The van der Waals surface area contributed by atoms with Gasteiger partial charge in [0.1, 0.15) is 6.61 Å². The average molecular weight is 266 g/mol. The van der Waals surface area contributed by atoms with E-state index in [1.165, 1.54) is 0 Å². The maximum Gasteiger partial charge on any atom is 0.161 e. The molecule has 0 radical (unpaired) electrons. The third kappa shape index (κ3) is 3.85. The standard InChI is InChI=1S/C15H22O4/c1-3-17-15-8-12(9-16)5-7-14(15)18-10-13-6-4-11(2)19-13/h5,7-8,11,13,16H,3-4,6,9-10H2,1-2H3. The minimum atomic E-state index is 0.00358. The van der Waals surface area contributed by atoms with Crippen molar-refractivity contribution in [3.05, 3.63) is 23.8 Å². The fraction of sp³-hybridized carbons (Fsp3) is 0.600. The summed E-state index contributed by atoms with van der Waals surface area (Å²) in [5.74, 6) is 1.39. The minimum absolute atomic E-state index is 0.00358. The normalized spacial score (nSPS) is 22.5. The number of benzene rings is 1. The van der Waals surface area contributed by atoms with Crippen LogP contribution in [-0.2, 0) is 11.3 Å². The molecule has 0 aromatic heterocycles. The zero-order valence-corrected chi connectivity index (χ0v) is 11.6. The summed E-state index contributed by atoms with van der Waals surface area (Å²) in [7, 11) is 0. The van der Waals surface area contributed by atoms with E-state index in [-0.39, 0.29) is 12.7 Å². The Morgan fingerprint density at radius 3 is 2.74 bits per heavy atom. The third-order valence-electron chi connectivity index (χ3n) is 3.24. The fourth-order valence-corrected chi connectivity index (χ4v) is 2.23. The van der Waals surface area contributed by atoms with E-state index in [0.717, 1.165) is 18.4 Å². The van der Waals surface area contributed by atoms with E-state index < -0.39 is 0 Å². The van der Waals surface area contributed by atoms with Gasteiger partial charge in [-0.3, -0.25) is 0 Å². The first kappa shape index (κ1) is 14.2. The molecule has 1 aromatic carbocycles. The maximum atomic E-state index is 9.14. The van der Waals surface area contributed by atoms with Crippen molar-refractivity contribution in [2.75, 3.05) is 13.2 Å². The highest BCUT2D eigenvalue weighted by Gasteiger charge is 2.22. The second kappa shape index (κ2) is 6.78. The van der Waals surface area contributed by atoms with Crippen molar-refractivity contribution in [3.8, 4) is 11.5 Å². The lowest BCUT2D eigenvalue weighted by molar-refractivity contribution is 0.0258. The summed E-state index contributed by atoms with van der Waals surface area (Å²) in [6, 6.07) is 5.50. The summed E-state index contributed by atoms with van der Waals surface area (Å²) in [5.41, 5.74) is 0.821.